The summed E-state index contributed by atoms with van der Waals surface area (Å²) in [5.74, 6) is 2.98. The van der Waals surface area contributed by atoms with Crippen LogP contribution >= 0.6 is 12.4 Å². The number of halogens is 1. The Hall–Kier alpha value is -0.320. The van der Waals surface area contributed by atoms with Crippen LogP contribution in [0.2, 0.25) is 0 Å². The Bertz CT molecular complexity index is 371. The first-order chi connectivity index (χ1) is 10.2. The smallest absolute Gasteiger partial charge is 0.234 e. The van der Waals surface area contributed by atoms with Crippen LogP contribution in [0.3, 0.4) is 0 Å². The Kier molecular flexibility index (Phi) is 5.01. The number of amides is 1. The van der Waals surface area contributed by atoms with E-state index in [1.54, 1.807) is 0 Å². The van der Waals surface area contributed by atoms with Gasteiger partial charge in [-0.15, -0.1) is 12.4 Å². The van der Waals surface area contributed by atoms with Crippen LogP contribution < -0.4 is 10.6 Å². The fraction of sp³-hybridized carbons (Fsp3) is 0.941. The number of hydrogen-bond acceptors (Lipinski definition) is 3. The summed E-state index contributed by atoms with van der Waals surface area (Å²) in [4.78, 5) is 14.9. The highest BCUT2D eigenvalue weighted by Gasteiger charge is 2.51. The van der Waals surface area contributed by atoms with Gasteiger partial charge < -0.3 is 10.6 Å². The van der Waals surface area contributed by atoms with Crippen LogP contribution in [-0.4, -0.2) is 49.1 Å². The molecule has 22 heavy (non-hydrogen) atoms. The summed E-state index contributed by atoms with van der Waals surface area (Å²) in [6.07, 6.45) is 9.24. The number of rotatable bonds is 3. The Morgan fingerprint density at radius 2 is 1.68 bits per heavy atom. The molecule has 5 heteroatoms. The van der Waals surface area contributed by atoms with E-state index in [2.05, 4.69) is 15.5 Å². The van der Waals surface area contributed by atoms with Crippen LogP contribution in [0.1, 0.15) is 44.9 Å². The molecule has 5 rings (SSSR count). The van der Waals surface area contributed by atoms with Crippen LogP contribution in [0.5, 0.6) is 0 Å². The predicted octanol–water partition coefficient (Wildman–Crippen LogP) is 1.79. The summed E-state index contributed by atoms with van der Waals surface area (Å²) in [6, 6.07) is 0. The van der Waals surface area contributed by atoms with Crippen molar-refractivity contribution in [3.63, 3.8) is 0 Å². The Labute approximate surface area is 140 Å². The van der Waals surface area contributed by atoms with Crippen molar-refractivity contribution in [2.45, 2.75) is 50.5 Å². The molecule has 0 unspecified atom stereocenters. The van der Waals surface area contributed by atoms with E-state index in [1.165, 1.54) is 38.5 Å². The summed E-state index contributed by atoms with van der Waals surface area (Å²) >= 11 is 0. The van der Waals surface area contributed by atoms with Crippen LogP contribution in [0.15, 0.2) is 0 Å². The molecule has 0 aromatic carbocycles. The molecule has 1 aliphatic heterocycles. The average molecular weight is 328 g/mol. The van der Waals surface area contributed by atoms with Gasteiger partial charge in [0.05, 0.1) is 6.54 Å². The monoisotopic (exact) mass is 327 g/mol. The van der Waals surface area contributed by atoms with Crippen molar-refractivity contribution in [2.24, 2.45) is 17.8 Å². The lowest BCUT2D eigenvalue weighted by Crippen LogP contribution is -2.61. The van der Waals surface area contributed by atoms with E-state index < -0.39 is 0 Å². The van der Waals surface area contributed by atoms with Crippen molar-refractivity contribution in [2.75, 3.05) is 32.7 Å². The number of nitrogens with one attached hydrogen (secondary N) is 2. The molecule has 0 atom stereocenters. The lowest BCUT2D eigenvalue weighted by Gasteiger charge is -2.57. The molecule has 4 nitrogen and oxygen atoms in total. The molecular formula is C17H30ClN3O. The fourth-order valence-electron chi connectivity index (χ4n) is 5.86. The van der Waals surface area contributed by atoms with E-state index in [-0.39, 0.29) is 23.9 Å². The van der Waals surface area contributed by atoms with E-state index in [9.17, 15) is 4.79 Å². The maximum atomic E-state index is 12.5. The minimum Gasteiger partial charge on any atom is -0.350 e. The third-order valence-corrected chi connectivity index (χ3v) is 6.24. The number of carbonyl (C=O) groups is 1. The summed E-state index contributed by atoms with van der Waals surface area (Å²) in [5.41, 5.74) is 0.177. The third-order valence-electron chi connectivity index (χ3n) is 6.24. The summed E-state index contributed by atoms with van der Waals surface area (Å²) in [7, 11) is 0. The van der Waals surface area contributed by atoms with Crippen LogP contribution in [-0.2, 0) is 4.79 Å². The van der Waals surface area contributed by atoms with Crippen molar-refractivity contribution >= 4 is 18.3 Å². The normalized spacial score (nSPS) is 40.8. The molecule has 0 aromatic heterocycles. The molecule has 0 spiro atoms. The van der Waals surface area contributed by atoms with E-state index >= 15 is 0 Å². The Balaban J connectivity index is 0.00000144. The van der Waals surface area contributed by atoms with Gasteiger partial charge in [0.15, 0.2) is 0 Å². The van der Waals surface area contributed by atoms with E-state index in [0.717, 1.165) is 50.4 Å². The van der Waals surface area contributed by atoms with Crippen LogP contribution in [0.4, 0.5) is 0 Å². The second-order valence-corrected chi connectivity index (χ2v) is 8.13. The molecule has 0 radical (unpaired) electrons. The first-order valence-electron chi connectivity index (χ1n) is 8.95. The maximum Gasteiger partial charge on any atom is 0.234 e. The van der Waals surface area contributed by atoms with Crippen LogP contribution in [0.25, 0.3) is 0 Å². The summed E-state index contributed by atoms with van der Waals surface area (Å²) in [5, 5.41) is 6.89. The Morgan fingerprint density at radius 1 is 1.05 bits per heavy atom. The zero-order valence-electron chi connectivity index (χ0n) is 13.5. The number of carbonyl (C=O) groups excluding carboxylic acids is 1. The highest BCUT2D eigenvalue weighted by atomic mass is 35.5. The van der Waals surface area contributed by atoms with Gasteiger partial charge in [0.25, 0.3) is 0 Å². The lowest BCUT2D eigenvalue weighted by molar-refractivity contribution is -0.128. The second-order valence-electron chi connectivity index (χ2n) is 8.13. The van der Waals surface area contributed by atoms with Gasteiger partial charge in [-0.2, -0.15) is 0 Å². The van der Waals surface area contributed by atoms with Gasteiger partial charge in [0.1, 0.15) is 0 Å². The standard InChI is InChI=1S/C17H29N3O.ClH/c21-16(12-20-4-1-2-18-3-5-20)19-17-9-13-6-14(10-17)8-15(7-13)11-17;/h13-15,18H,1-12H2,(H,19,21);1H. The average Bonchev–Trinajstić information content (AvgIpc) is 2.64. The Morgan fingerprint density at radius 3 is 2.32 bits per heavy atom. The molecular weight excluding hydrogens is 298 g/mol. The molecule has 126 valence electrons. The van der Waals surface area contributed by atoms with Gasteiger partial charge in [0, 0.05) is 18.6 Å². The van der Waals surface area contributed by atoms with Crippen molar-refractivity contribution < 1.29 is 4.79 Å². The van der Waals surface area contributed by atoms with Gasteiger partial charge in [-0.05, 0) is 75.8 Å². The lowest BCUT2D eigenvalue weighted by atomic mass is 9.53. The predicted molar refractivity (Wildman–Crippen MR) is 90.2 cm³/mol. The molecule has 4 bridgehead atoms. The summed E-state index contributed by atoms with van der Waals surface area (Å²) in [6.45, 7) is 4.77. The highest BCUT2D eigenvalue weighted by Crippen LogP contribution is 2.55. The van der Waals surface area contributed by atoms with E-state index in [1.807, 2.05) is 0 Å². The van der Waals surface area contributed by atoms with Gasteiger partial charge in [-0.25, -0.2) is 0 Å². The van der Waals surface area contributed by atoms with Crippen LogP contribution in [0, 0.1) is 17.8 Å². The minimum absolute atomic E-state index is 0. The SMILES string of the molecule is Cl.O=C(CN1CCCNCC1)NC12CC3CC(CC(C3)C1)C2. The van der Waals surface area contributed by atoms with Gasteiger partial charge in [-0.1, -0.05) is 0 Å². The fourth-order valence-corrected chi connectivity index (χ4v) is 5.86. The molecule has 1 heterocycles. The molecule has 5 aliphatic rings. The van der Waals surface area contributed by atoms with Gasteiger partial charge in [-0.3, -0.25) is 9.69 Å². The summed E-state index contributed by atoms with van der Waals surface area (Å²) < 4.78 is 0. The molecule has 4 saturated carbocycles. The van der Waals surface area contributed by atoms with Crippen molar-refractivity contribution in [1.29, 1.82) is 0 Å². The molecule has 1 amide bonds. The number of nitrogens with zero attached hydrogens (tertiary/aromatic N) is 1. The number of hydrogen-bond donors (Lipinski definition) is 2. The molecule has 0 aromatic rings. The first-order valence-corrected chi connectivity index (χ1v) is 8.95. The third kappa shape index (κ3) is 3.44. The van der Waals surface area contributed by atoms with Crippen molar-refractivity contribution in [3.05, 3.63) is 0 Å². The largest absolute Gasteiger partial charge is 0.350 e. The van der Waals surface area contributed by atoms with E-state index in [4.69, 9.17) is 0 Å². The zero-order chi connectivity index (χ0) is 14.3. The van der Waals surface area contributed by atoms with Crippen molar-refractivity contribution in [3.8, 4) is 0 Å². The zero-order valence-corrected chi connectivity index (χ0v) is 14.3. The quantitative estimate of drug-likeness (QED) is 0.830. The minimum atomic E-state index is 0. The van der Waals surface area contributed by atoms with Gasteiger partial charge >= 0.3 is 0 Å². The van der Waals surface area contributed by atoms with Gasteiger partial charge in [0.2, 0.25) is 5.91 Å². The van der Waals surface area contributed by atoms with Crippen molar-refractivity contribution in [1.82, 2.24) is 15.5 Å². The first kappa shape index (κ1) is 16.5. The molecule has 2 N–H and O–H groups in total. The highest BCUT2D eigenvalue weighted by molar-refractivity contribution is 5.85. The molecule has 4 aliphatic carbocycles. The molecule has 5 fully saturated rings. The maximum absolute atomic E-state index is 12.5. The van der Waals surface area contributed by atoms with E-state index in [0.29, 0.717) is 6.54 Å². The topological polar surface area (TPSA) is 44.4 Å². The second kappa shape index (κ2) is 6.66. The molecule has 1 saturated heterocycles.